The average molecular weight is 890 g/mol. The quantitative estimate of drug-likeness (QED) is 0.0321. The summed E-state index contributed by atoms with van der Waals surface area (Å²) in [6, 6.07) is -0.729. The van der Waals surface area contributed by atoms with Crippen molar-refractivity contribution >= 4 is 11.9 Å². The second-order valence-electron chi connectivity index (χ2n) is 17.5. The van der Waals surface area contributed by atoms with E-state index in [4.69, 9.17) is 4.74 Å². The fourth-order valence-corrected chi connectivity index (χ4v) is 7.49. The minimum atomic E-state index is -0.812. The zero-order valence-electron chi connectivity index (χ0n) is 41.6. The maximum absolute atomic E-state index is 13.2. The Balaban J connectivity index is 4.71. The third kappa shape index (κ3) is 45.4. The average Bonchev–Trinajstić information content (AvgIpc) is 3.29. The summed E-state index contributed by atoms with van der Waals surface area (Å²) in [4.78, 5) is 26.1. The minimum Gasteiger partial charge on any atom is -0.462 e. The van der Waals surface area contributed by atoms with Crippen LogP contribution >= 0.6 is 0 Å². The molecule has 3 atom stereocenters. The number of rotatable bonds is 46. The van der Waals surface area contributed by atoms with Crippen molar-refractivity contribution in [2.24, 2.45) is 0 Å². The molecule has 0 rings (SSSR count). The molecule has 0 heterocycles. The van der Waals surface area contributed by atoms with Gasteiger partial charge in [0.2, 0.25) is 5.91 Å². The Labute approximate surface area is 395 Å². The number of unbranched alkanes of at least 4 members (excludes halogenated alkanes) is 18. The third-order valence-corrected chi connectivity index (χ3v) is 11.4. The Morgan fingerprint density at radius 3 is 1.28 bits per heavy atom. The van der Waals surface area contributed by atoms with Gasteiger partial charge in [0.05, 0.1) is 25.2 Å². The van der Waals surface area contributed by atoms with Crippen LogP contribution in [-0.4, -0.2) is 46.9 Å². The molecule has 0 bridgehead atoms. The molecule has 0 aromatic carbocycles. The smallest absolute Gasteiger partial charge is 0.306 e. The summed E-state index contributed by atoms with van der Waals surface area (Å²) in [7, 11) is 0. The van der Waals surface area contributed by atoms with Crippen molar-refractivity contribution in [3.63, 3.8) is 0 Å². The monoisotopic (exact) mass is 890 g/mol. The second-order valence-corrected chi connectivity index (χ2v) is 17.5. The maximum atomic E-state index is 13.2. The Bertz CT molecular complexity index is 1270. The Hall–Kier alpha value is -3.22. The van der Waals surface area contributed by atoms with Crippen LogP contribution in [-0.2, 0) is 14.3 Å². The minimum absolute atomic E-state index is 0.0279. The van der Waals surface area contributed by atoms with E-state index in [-0.39, 0.29) is 31.3 Å². The van der Waals surface area contributed by atoms with Gasteiger partial charge in [0.1, 0.15) is 6.10 Å². The number of esters is 1. The highest BCUT2D eigenvalue weighted by molar-refractivity contribution is 5.77. The predicted octanol–water partition coefficient (Wildman–Crippen LogP) is 16.1. The molecule has 0 aliphatic rings. The van der Waals surface area contributed by atoms with Crippen LogP contribution in [0.4, 0.5) is 0 Å². The lowest BCUT2D eigenvalue weighted by Crippen LogP contribution is -2.46. The normalized spacial score (nSPS) is 14.0. The topological polar surface area (TPSA) is 95.9 Å². The van der Waals surface area contributed by atoms with E-state index < -0.39 is 18.2 Å². The van der Waals surface area contributed by atoms with Crippen molar-refractivity contribution in [2.45, 2.75) is 251 Å². The number of carbonyl (C=O) groups is 2. The van der Waals surface area contributed by atoms with Gasteiger partial charge in [-0.3, -0.25) is 9.59 Å². The van der Waals surface area contributed by atoms with E-state index in [1.807, 2.05) is 6.08 Å². The molecular weight excluding hydrogens is 791 g/mol. The highest BCUT2D eigenvalue weighted by Crippen LogP contribution is 2.17. The highest BCUT2D eigenvalue weighted by Gasteiger charge is 2.24. The van der Waals surface area contributed by atoms with Crippen LogP contribution in [0.3, 0.4) is 0 Å². The number of aliphatic hydroxyl groups excluding tert-OH is 2. The molecule has 3 N–H and O–H groups in total. The van der Waals surface area contributed by atoms with Gasteiger partial charge in [-0.25, -0.2) is 0 Å². The van der Waals surface area contributed by atoms with Gasteiger partial charge >= 0.3 is 5.97 Å². The molecule has 0 aliphatic heterocycles. The van der Waals surface area contributed by atoms with Crippen molar-refractivity contribution < 1.29 is 24.5 Å². The van der Waals surface area contributed by atoms with E-state index in [1.165, 1.54) is 77.0 Å². The first-order chi connectivity index (χ1) is 31.5. The molecule has 6 nitrogen and oxygen atoms in total. The van der Waals surface area contributed by atoms with Gasteiger partial charge in [0.15, 0.2) is 0 Å². The summed E-state index contributed by atoms with van der Waals surface area (Å²) in [5.74, 6) is -0.600. The Morgan fingerprint density at radius 1 is 0.469 bits per heavy atom. The molecule has 3 unspecified atom stereocenters. The SMILES string of the molecule is CC/C=C/C/C=C/C/C=C/C/C=C/C/C=C/CCC(=O)OC(CCCCCC/C=C/C/C=C/C/C=C/CC)CC(=O)NC(CO)C(O)CCCCCCCCCCCCCCCCC. The fourth-order valence-electron chi connectivity index (χ4n) is 7.49. The molecule has 0 fully saturated rings. The molecule has 0 saturated carbocycles. The van der Waals surface area contributed by atoms with Crippen molar-refractivity contribution in [1.29, 1.82) is 0 Å². The maximum Gasteiger partial charge on any atom is 0.306 e. The molecule has 64 heavy (non-hydrogen) atoms. The predicted molar refractivity (Wildman–Crippen MR) is 277 cm³/mol. The first-order valence-corrected chi connectivity index (χ1v) is 26.5. The largest absolute Gasteiger partial charge is 0.462 e. The van der Waals surface area contributed by atoms with E-state index in [0.717, 1.165) is 103 Å². The first kappa shape index (κ1) is 60.8. The number of aliphatic hydroxyl groups is 2. The number of hydrogen-bond acceptors (Lipinski definition) is 5. The van der Waals surface area contributed by atoms with Gasteiger partial charge in [0.25, 0.3) is 0 Å². The van der Waals surface area contributed by atoms with Crippen LogP contribution in [0.5, 0.6) is 0 Å². The molecule has 0 radical (unpaired) electrons. The Morgan fingerprint density at radius 2 is 0.844 bits per heavy atom. The lowest BCUT2D eigenvalue weighted by molar-refractivity contribution is -0.150. The number of carbonyl (C=O) groups excluding carboxylic acids is 2. The molecule has 1 amide bonds. The van der Waals surface area contributed by atoms with Crippen LogP contribution in [0.2, 0.25) is 0 Å². The lowest BCUT2D eigenvalue weighted by Gasteiger charge is -2.24. The molecule has 0 saturated heterocycles. The number of allylic oxidation sites excluding steroid dienone is 16. The number of ether oxygens (including phenoxy) is 1. The van der Waals surface area contributed by atoms with E-state index in [9.17, 15) is 19.8 Å². The van der Waals surface area contributed by atoms with Gasteiger partial charge in [-0.05, 0) is 89.9 Å². The molecule has 6 heteroatoms. The van der Waals surface area contributed by atoms with Gasteiger partial charge < -0.3 is 20.3 Å². The van der Waals surface area contributed by atoms with Gasteiger partial charge in [-0.15, -0.1) is 0 Å². The number of amides is 1. The van der Waals surface area contributed by atoms with Crippen molar-refractivity contribution in [3.05, 3.63) is 97.2 Å². The van der Waals surface area contributed by atoms with Crippen LogP contribution in [0, 0.1) is 0 Å². The summed E-state index contributed by atoms with van der Waals surface area (Å²) in [5, 5.41) is 23.8. The van der Waals surface area contributed by atoms with E-state index >= 15 is 0 Å². The van der Waals surface area contributed by atoms with Gasteiger partial charge in [-0.2, -0.15) is 0 Å². The molecule has 0 aliphatic carbocycles. The lowest BCUT2D eigenvalue weighted by atomic mass is 10.0. The zero-order chi connectivity index (χ0) is 46.7. The molecule has 0 aromatic rings. The van der Waals surface area contributed by atoms with Crippen molar-refractivity contribution in [2.75, 3.05) is 6.61 Å². The van der Waals surface area contributed by atoms with Gasteiger partial charge in [-0.1, -0.05) is 227 Å². The highest BCUT2D eigenvalue weighted by atomic mass is 16.5. The molecule has 0 spiro atoms. The fraction of sp³-hybridized carbons (Fsp3) is 0.690. The van der Waals surface area contributed by atoms with Crippen LogP contribution in [0.15, 0.2) is 97.2 Å². The molecule has 366 valence electrons. The summed E-state index contributed by atoms with van der Waals surface area (Å²) >= 11 is 0. The summed E-state index contributed by atoms with van der Waals surface area (Å²) < 4.78 is 5.88. The standard InChI is InChI=1S/C58H99NO5/c1-4-7-10-13-16-19-22-25-28-30-33-36-39-42-45-48-51-58(63)64-54(49-46-43-40-37-34-31-27-24-21-18-15-12-9-6-3)52-57(62)59-55(53-60)56(61)50-47-44-41-38-35-32-29-26-23-20-17-14-11-8-5-2/h7,9-10,12,16,18-19,21,25,27-28,31,33,36,42,45,54-56,60-61H,4-6,8,11,13-15,17,20,22-24,26,29-30,32,34-35,37-41,43-44,46-53H2,1-3H3,(H,59,62)/b10-7+,12-9+,19-16+,21-18+,28-25+,31-27+,36-33+,45-42+. The van der Waals surface area contributed by atoms with Crippen LogP contribution < -0.4 is 5.32 Å². The molecular formula is C58H99NO5. The van der Waals surface area contributed by atoms with Gasteiger partial charge in [0, 0.05) is 6.42 Å². The summed E-state index contributed by atoms with van der Waals surface area (Å²) in [5.41, 5.74) is 0. The Kier molecular flexibility index (Phi) is 48.2. The van der Waals surface area contributed by atoms with Crippen LogP contribution in [0.25, 0.3) is 0 Å². The summed E-state index contributed by atoms with van der Waals surface area (Å²) in [6.45, 7) is 6.24. The molecule has 0 aromatic heterocycles. The second kappa shape index (κ2) is 50.8. The number of hydrogen-bond donors (Lipinski definition) is 3. The third-order valence-electron chi connectivity index (χ3n) is 11.4. The van der Waals surface area contributed by atoms with Crippen molar-refractivity contribution in [3.8, 4) is 0 Å². The zero-order valence-corrected chi connectivity index (χ0v) is 41.6. The van der Waals surface area contributed by atoms with E-state index in [1.54, 1.807) is 0 Å². The first-order valence-electron chi connectivity index (χ1n) is 26.5. The summed E-state index contributed by atoms with van der Waals surface area (Å²) in [6.07, 6.45) is 67.6. The van der Waals surface area contributed by atoms with Crippen LogP contribution in [0.1, 0.15) is 233 Å². The van der Waals surface area contributed by atoms with Crippen molar-refractivity contribution in [1.82, 2.24) is 5.32 Å². The van der Waals surface area contributed by atoms with E-state index in [0.29, 0.717) is 19.3 Å². The number of nitrogens with one attached hydrogen (secondary N) is 1. The van der Waals surface area contributed by atoms with E-state index in [2.05, 4.69) is 117 Å².